The number of rotatable bonds is 5. The number of sulfonamides is 1. The fourth-order valence-electron chi connectivity index (χ4n) is 3.42. The Hall–Kier alpha value is -2.66. The molecule has 0 bridgehead atoms. The highest BCUT2D eigenvalue weighted by atomic mass is 32.2. The lowest BCUT2D eigenvalue weighted by atomic mass is 10.0. The van der Waals surface area contributed by atoms with E-state index in [-0.39, 0.29) is 37.0 Å². The van der Waals surface area contributed by atoms with Crippen LogP contribution in [0.3, 0.4) is 0 Å². The lowest BCUT2D eigenvalue weighted by Gasteiger charge is -2.34. The molecule has 32 heavy (non-hydrogen) atoms. The molecule has 1 aromatic carbocycles. The van der Waals surface area contributed by atoms with Crippen LogP contribution in [0.1, 0.15) is 30.9 Å². The second-order valence-corrected chi connectivity index (χ2v) is 9.83. The van der Waals surface area contributed by atoms with Crippen molar-refractivity contribution in [3.05, 3.63) is 64.1 Å². The van der Waals surface area contributed by atoms with Gasteiger partial charge in [0, 0.05) is 38.4 Å². The van der Waals surface area contributed by atoms with Gasteiger partial charge in [0.05, 0.1) is 10.5 Å². The van der Waals surface area contributed by atoms with E-state index >= 15 is 0 Å². The molecule has 0 saturated carbocycles. The molecule has 2 heterocycles. The van der Waals surface area contributed by atoms with E-state index in [2.05, 4.69) is 0 Å². The van der Waals surface area contributed by atoms with Gasteiger partial charge in [-0.05, 0) is 29.7 Å². The van der Waals surface area contributed by atoms with Crippen molar-refractivity contribution in [2.24, 2.45) is 0 Å². The first kappa shape index (κ1) is 24.0. The van der Waals surface area contributed by atoms with Gasteiger partial charge in [0.2, 0.25) is 15.9 Å². The van der Waals surface area contributed by atoms with Crippen LogP contribution < -0.4 is 5.56 Å². The van der Waals surface area contributed by atoms with Crippen LogP contribution in [0.15, 0.2) is 52.3 Å². The van der Waals surface area contributed by atoms with E-state index < -0.39 is 39.8 Å². The molecule has 1 saturated heterocycles. The van der Waals surface area contributed by atoms with Gasteiger partial charge in [-0.3, -0.25) is 9.59 Å². The summed E-state index contributed by atoms with van der Waals surface area (Å²) in [6, 6.07) is 8.09. The standard InChI is InChI=1S/C21H24F3N3O4S/c1-15(2)16-3-6-18(7-4-16)32(30,31)27-11-9-25(10-12-27)20(29)14-26-13-17(21(22,23)24)5-8-19(26)28/h3-8,13,15H,9-12,14H2,1-2H3. The highest BCUT2D eigenvalue weighted by Gasteiger charge is 2.32. The fourth-order valence-corrected chi connectivity index (χ4v) is 4.84. The molecule has 0 spiro atoms. The number of pyridine rings is 1. The molecule has 3 rings (SSSR count). The van der Waals surface area contributed by atoms with Crippen molar-refractivity contribution >= 4 is 15.9 Å². The van der Waals surface area contributed by atoms with E-state index in [1.807, 2.05) is 13.8 Å². The second kappa shape index (κ2) is 9.07. The zero-order valence-electron chi connectivity index (χ0n) is 17.7. The largest absolute Gasteiger partial charge is 0.417 e. The predicted octanol–water partition coefficient (Wildman–Crippen LogP) is 2.52. The van der Waals surface area contributed by atoms with Gasteiger partial charge in [-0.1, -0.05) is 26.0 Å². The zero-order valence-corrected chi connectivity index (χ0v) is 18.5. The van der Waals surface area contributed by atoms with Crippen molar-refractivity contribution in [1.29, 1.82) is 0 Å². The average Bonchev–Trinajstić information content (AvgIpc) is 2.74. The number of amides is 1. The first-order valence-corrected chi connectivity index (χ1v) is 11.5. The molecule has 1 amide bonds. The fraction of sp³-hybridized carbons (Fsp3) is 0.429. The number of piperazine rings is 1. The molecule has 11 heteroatoms. The van der Waals surface area contributed by atoms with E-state index in [1.165, 1.54) is 9.21 Å². The van der Waals surface area contributed by atoms with Crippen molar-refractivity contribution in [2.75, 3.05) is 26.2 Å². The Morgan fingerprint density at radius 3 is 2.12 bits per heavy atom. The lowest BCUT2D eigenvalue weighted by molar-refractivity contribution is -0.139. The minimum Gasteiger partial charge on any atom is -0.339 e. The molecule has 174 valence electrons. The summed E-state index contributed by atoms with van der Waals surface area (Å²) in [6.45, 7) is 3.73. The quantitative estimate of drug-likeness (QED) is 0.671. The number of nitrogens with zero attached hydrogens (tertiary/aromatic N) is 3. The molecule has 0 atom stereocenters. The van der Waals surface area contributed by atoms with Gasteiger partial charge in [0.25, 0.3) is 5.56 Å². The van der Waals surface area contributed by atoms with E-state index in [4.69, 9.17) is 0 Å². The van der Waals surface area contributed by atoms with Crippen molar-refractivity contribution in [1.82, 2.24) is 13.8 Å². The number of benzene rings is 1. The summed E-state index contributed by atoms with van der Waals surface area (Å²) < 4.78 is 66.4. The van der Waals surface area contributed by atoms with E-state index in [9.17, 15) is 31.2 Å². The Kier molecular flexibility index (Phi) is 6.80. The molecule has 1 aliphatic heterocycles. The first-order chi connectivity index (χ1) is 14.9. The van der Waals surface area contributed by atoms with Crippen LogP contribution in [0.2, 0.25) is 0 Å². The monoisotopic (exact) mass is 471 g/mol. The number of carbonyl (C=O) groups excluding carboxylic acids is 1. The second-order valence-electron chi connectivity index (χ2n) is 7.89. The van der Waals surface area contributed by atoms with Gasteiger partial charge in [-0.25, -0.2) is 8.42 Å². The van der Waals surface area contributed by atoms with Crippen molar-refractivity contribution in [2.45, 2.75) is 37.4 Å². The Labute approximate surface area is 184 Å². The molecule has 0 radical (unpaired) electrons. The lowest BCUT2D eigenvalue weighted by Crippen LogP contribution is -2.51. The van der Waals surface area contributed by atoms with Gasteiger partial charge in [0.1, 0.15) is 6.54 Å². The van der Waals surface area contributed by atoms with Crippen LogP contribution in [-0.4, -0.2) is 54.3 Å². The number of hydrogen-bond acceptors (Lipinski definition) is 4. The van der Waals surface area contributed by atoms with E-state index in [0.717, 1.165) is 11.6 Å². The molecular weight excluding hydrogens is 447 g/mol. The third-order valence-corrected chi connectivity index (χ3v) is 7.31. The van der Waals surface area contributed by atoms with Crippen LogP contribution in [0.25, 0.3) is 0 Å². The molecule has 1 aromatic heterocycles. The Balaban J connectivity index is 1.65. The SMILES string of the molecule is CC(C)c1ccc(S(=O)(=O)N2CCN(C(=O)Cn3cc(C(F)(F)F)ccc3=O)CC2)cc1. The molecule has 7 nitrogen and oxygen atoms in total. The summed E-state index contributed by atoms with van der Waals surface area (Å²) in [5, 5.41) is 0. The summed E-state index contributed by atoms with van der Waals surface area (Å²) in [5.41, 5.74) is -0.731. The molecule has 0 aliphatic carbocycles. The maximum Gasteiger partial charge on any atom is 0.417 e. The average molecular weight is 472 g/mol. The van der Waals surface area contributed by atoms with Crippen LogP contribution in [0.5, 0.6) is 0 Å². The number of hydrogen-bond donors (Lipinski definition) is 0. The third kappa shape index (κ3) is 5.21. The minimum absolute atomic E-state index is 0.0531. The van der Waals surface area contributed by atoms with Crippen LogP contribution in [0.4, 0.5) is 13.2 Å². The van der Waals surface area contributed by atoms with Crippen molar-refractivity contribution in [3.63, 3.8) is 0 Å². The van der Waals surface area contributed by atoms with Gasteiger partial charge >= 0.3 is 6.18 Å². The van der Waals surface area contributed by atoms with E-state index in [0.29, 0.717) is 16.8 Å². The van der Waals surface area contributed by atoms with E-state index in [1.54, 1.807) is 24.3 Å². The molecule has 0 N–H and O–H groups in total. The molecular formula is C21H24F3N3O4S. The summed E-state index contributed by atoms with van der Waals surface area (Å²) >= 11 is 0. The maximum absolute atomic E-state index is 12.9. The summed E-state index contributed by atoms with van der Waals surface area (Å²) in [7, 11) is -3.73. The van der Waals surface area contributed by atoms with Crippen LogP contribution >= 0.6 is 0 Å². The third-order valence-electron chi connectivity index (χ3n) is 5.39. The zero-order chi connectivity index (χ0) is 23.7. The topological polar surface area (TPSA) is 79.7 Å². The highest BCUT2D eigenvalue weighted by molar-refractivity contribution is 7.89. The highest BCUT2D eigenvalue weighted by Crippen LogP contribution is 2.28. The Morgan fingerprint density at radius 2 is 1.59 bits per heavy atom. The van der Waals surface area contributed by atoms with Gasteiger partial charge in [-0.15, -0.1) is 0 Å². The first-order valence-electron chi connectivity index (χ1n) is 10.0. The van der Waals surface area contributed by atoms with Gasteiger partial charge in [-0.2, -0.15) is 17.5 Å². The Morgan fingerprint density at radius 1 is 1.00 bits per heavy atom. The van der Waals surface area contributed by atoms with Gasteiger partial charge in [0.15, 0.2) is 0 Å². The summed E-state index contributed by atoms with van der Waals surface area (Å²) in [5.74, 6) is -0.282. The maximum atomic E-state index is 12.9. The number of carbonyl (C=O) groups is 1. The molecule has 1 aliphatic rings. The van der Waals surface area contributed by atoms with Crippen LogP contribution in [0, 0.1) is 0 Å². The smallest absolute Gasteiger partial charge is 0.339 e. The van der Waals surface area contributed by atoms with Crippen LogP contribution in [-0.2, 0) is 27.5 Å². The number of alkyl halides is 3. The van der Waals surface area contributed by atoms with Crippen molar-refractivity contribution < 1.29 is 26.4 Å². The molecule has 2 aromatic rings. The number of halogens is 3. The molecule has 1 fully saturated rings. The number of aromatic nitrogens is 1. The van der Waals surface area contributed by atoms with Gasteiger partial charge < -0.3 is 9.47 Å². The predicted molar refractivity (Wildman–Crippen MR) is 112 cm³/mol. The summed E-state index contributed by atoms with van der Waals surface area (Å²) in [6.07, 6.45) is -4.02. The summed E-state index contributed by atoms with van der Waals surface area (Å²) in [4.78, 5) is 25.9. The normalized spacial score (nSPS) is 15.9. The van der Waals surface area contributed by atoms with Crippen molar-refractivity contribution in [3.8, 4) is 0 Å². The Bertz CT molecular complexity index is 1130. The minimum atomic E-state index is -4.63. The molecule has 0 unspecified atom stereocenters.